The fourth-order valence-corrected chi connectivity index (χ4v) is 1.47. The van der Waals surface area contributed by atoms with Crippen molar-refractivity contribution in [3.8, 4) is 0 Å². The molecule has 0 aromatic rings. The van der Waals surface area contributed by atoms with Gasteiger partial charge in [0, 0.05) is 0 Å². The number of aliphatic hydroxyl groups is 1. The van der Waals surface area contributed by atoms with Gasteiger partial charge >= 0.3 is 0 Å². The van der Waals surface area contributed by atoms with Crippen molar-refractivity contribution in [2.45, 2.75) is 51.6 Å². The average Bonchev–Trinajstić information content (AvgIpc) is 1.94. The predicted octanol–water partition coefficient (Wildman–Crippen LogP) is 2.65. The van der Waals surface area contributed by atoms with Gasteiger partial charge in [0.25, 0.3) is 0 Å². The number of aliphatic hydroxyl groups excluding tert-OH is 1. The maximum atomic E-state index is 8.94. The van der Waals surface area contributed by atoms with Gasteiger partial charge in [-0.1, -0.05) is 37.8 Å². The molecule has 1 aliphatic rings. The molecule has 0 aromatic carbocycles. The summed E-state index contributed by atoms with van der Waals surface area (Å²) in [5, 5.41) is 8.94. The molecule has 0 saturated carbocycles. The van der Waals surface area contributed by atoms with E-state index in [1.165, 1.54) is 37.7 Å². The SMILES string of the molecule is CCCCCCC1=CC(O)C1. The first-order valence-electron chi connectivity index (χ1n) is 4.70. The Morgan fingerprint density at radius 1 is 1.45 bits per heavy atom. The molecule has 0 fully saturated rings. The van der Waals surface area contributed by atoms with Crippen molar-refractivity contribution in [3.05, 3.63) is 11.6 Å². The molecule has 1 rings (SSSR count). The molecule has 1 N–H and O–H groups in total. The molecule has 0 aromatic heterocycles. The Morgan fingerprint density at radius 3 is 2.73 bits per heavy atom. The van der Waals surface area contributed by atoms with E-state index < -0.39 is 0 Å². The Balaban J connectivity index is 1.92. The van der Waals surface area contributed by atoms with Gasteiger partial charge in [-0.25, -0.2) is 0 Å². The first-order valence-corrected chi connectivity index (χ1v) is 4.70. The van der Waals surface area contributed by atoms with Gasteiger partial charge in [0.2, 0.25) is 0 Å². The molecule has 0 aliphatic heterocycles. The highest BCUT2D eigenvalue weighted by molar-refractivity contribution is 5.17. The lowest BCUT2D eigenvalue weighted by Crippen LogP contribution is -2.14. The minimum absolute atomic E-state index is 0.115. The van der Waals surface area contributed by atoms with Crippen molar-refractivity contribution in [3.63, 3.8) is 0 Å². The summed E-state index contributed by atoms with van der Waals surface area (Å²) in [4.78, 5) is 0. The first kappa shape index (κ1) is 8.79. The normalized spacial score (nSPS) is 22.7. The minimum atomic E-state index is -0.115. The topological polar surface area (TPSA) is 20.2 Å². The second-order valence-corrected chi connectivity index (χ2v) is 3.41. The molecule has 0 bridgehead atoms. The van der Waals surface area contributed by atoms with Crippen molar-refractivity contribution >= 4 is 0 Å². The summed E-state index contributed by atoms with van der Waals surface area (Å²) < 4.78 is 0. The first-order chi connectivity index (χ1) is 5.33. The second-order valence-electron chi connectivity index (χ2n) is 3.41. The van der Waals surface area contributed by atoms with E-state index in [2.05, 4.69) is 6.92 Å². The van der Waals surface area contributed by atoms with Crippen molar-refractivity contribution < 1.29 is 5.11 Å². The quantitative estimate of drug-likeness (QED) is 0.477. The van der Waals surface area contributed by atoms with Crippen LogP contribution in [0.5, 0.6) is 0 Å². The Labute approximate surface area is 69.1 Å². The molecule has 0 radical (unpaired) electrons. The van der Waals surface area contributed by atoms with Crippen LogP contribution < -0.4 is 0 Å². The minimum Gasteiger partial charge on any atom is -0.389 e. The number of unbranched alkanes of at least 4 members (excludes halogenated alkanes) is 3. The van der Waals surface area contributed by atoms with Gasteiger partial charge in [0.15, 0.2) is 0 Å². The maximum Gasteiger partial charge on any atom is 0.0760 e. The predicted molar refractivity (Wildman–Crippen MR) is 47.5 cm³/mol. The van der Waals surface area contributed by atoms with Crippen LogP contribution in [0, 0.1) is 0 Å². The van der Waals surface area contributed by atoms with E-state index in [1.54, 1.807) is 0 Å². The van der Waals surface area contributed by atoms with Gasteiger partial charge in [0.05, 0.1) is 6.10 Å². The Morgan fingerprint density at radius 2 is 2.18 bits per heavy atom. The molecule has 64 valence electrons. The monoisotopic (exact) mass is 154 g/mol. The maximum absolute atomic E-state index is 8.94. The fourth-order valence-electron chi connectivity index (χ4n) is 1.47. The van der Waals surface area contributed by atoms with Crippen LogP contribution in [0.4, 0.5) is 0 Å². The summed E-state index contributed by atoms with van der Waals surface area (Å²) >= 11 is 0. The fraction of sp³-hybridized carbons (Fsp3) is 0.800. The highest BCUT2D eigenvalue weighted by atomic mass is 16.3. The Hall–Kier alpha value is -0.300. The summed E-state index contributed by atoms with van der Waals surface area (Å²) in [6.07, 6.45) is 9.36. The van der Waals surface area contributed by atoms with E-state index >= 15 is 0 Å². The van der Waals surface area contributed by atoms with Crippen LogP contribution >= 0.6 is 0 Å². The highest BCUT2D eigenvalue weighted by Crippen LogP contribution is 2.24. The molecule has 1 aliphatic carbocycles. The number of hydrogen-bond donors (Lipinski definition) is 1. The van der Waals surface area contributed by atoms with Crippen molar-refractivity contribution in [1.82, 2.24) is 0 Å². The Bertz CT molecular complexity index is 138. The third kappa shape index (κ3) is 3.06. The van der Waals surface area contributed by atoms with Crippen LogP contribution in [0.15, 0.2) is 11.6 Å². The lowest BCUT2D eigenvalue weighted by Gasteiger charge is -2.20. The average molecular weight is 154 g/mol. The summed E-state index contributed by atoms with van der Waals surface area (Å²) in [5.41, 5.74) is 1.47. The summed E-state index contributed by atoms with van der Waals surface area (Å²) in [5.74, 6) is 0. The van der Waals surface area contributed by atoms with Crippen molar-refractivity contribution in [1.29, 1.82) is 0 Å². The lowest BCUT2D eigenvalue weighted by atomic mass is 9.91. The molecule has 0 heterocycles. The van der Waals surface area contributed by atoms with E-state index in [9.17, 15) is 0 Å². The summed E-state index contributed by atoms with van der Waals surface area (Å²) in [7, 11) is 0. The molecular formula is C10H18O. The molecule has 0 saturated heterocycles. The van der Waals surface area contributed by atoms with Crippen LogP contribution in [-0.4, -0.2) is 11.2 Å². The van der Waals surface area contributed by atoms with Gasteiger partial charge in [-0.2, -0.15) is 0 Å². The van der Waals surface area contributed by atoms with E-state index in [0.717, 1.165) is 6.42 Å². The molecule has 1 nitrogen and oxygen atoms in total. The number of hydrogen-bond acceptors (Lipinski definition) is 1. The lowest BCUT2D eigenvalue weighted by molar-refractivity contribution is 0.200. The van der Waals surface area contributed by atoms with Gasteiger partial charge in [-0.3, -0.25) is 0 Å². The molecule has 0 amide bonds. The van der Waals surface area contributed by atoms with E-state index in [0.29, 0.717) is 0 Å². The van der Waals surface area contributed by atoms with E-state index in [4.69, 9.17) is 5.11 Å². The van der Waals surface area contributed by atoms with Crippen LogP contribution in [0.25, 0.3) is 0 Å². The zero-order valence-electron chi connectivity index (χ0n) is 7.34. The van der Waals surface area contributed by atoms with Gasteiger partial charge < -0.3 is 5.11 Å². The molecular weight excluding hydrogens is 136 g/mol. The van der Waals surface area contributed by atoms with Crippen LogP contribution in [0.2, 0.25) is 0 Å². The third-order valence-corrected chi connectivity index (χ3v) is 2.25. The highest BCUT2D eigenvalue weighted by Gasteiger charge is 2.14. The Kier molecular flexibility index (Phi) is 3.64. The van der Waals surface area contributed by atoms with Gasteiger partial charge in [-0.05, 0) is 19.3 Å². The zero-order chi connectivity index (χ0) is 8.10. The molecule has 11 heavy (non-hydrogen) atoms. The third-order valence-electron chi connectivity index (χ3n) is 2.25. The molecule has 1 atom stereocenters. The zero-order valence-corrected chi connectivity index (χ0v) is 7.34. The van der Waals surface area contributed by atoms with Crippen LogP contribution in [-0.2, 0) is 0 Å². The second kappa shape index (κ2) is 4.55. The van der Waals surface area contributed by atoms with Crippen LogP contribution in [0.3, 0.4) is 0 Å². The van der Waals surface area contributed by atoms with Gasteiger partial charge in [0.1, 0.15) is 0 Å². The smallest absolute Gasteiger partial charge is 0.0760 e. The summed E-state index contributed by atoms with van der Waals surface area (Å²) in [6.45, 7) is 2.23. The standard InChI is InChI=1S/C10H18O/c1-2-3-4-5-6-9-7-10(11)8-9/h7,10-11H,2-6,8H2,1H3. The molecule has 1 heteroatoms. The van der Waals surface area contributed by atoms with Crippen molar-refractivity contribution in [2.24, 2.45) is 0 Å². The number of rotatable bonds is 5. The largest absolute Gasteiger partial charge is 0.389 e. The van der Waals surface area contributed by atoms with Crippen molar-refractivity contribution in [2.75, 3.05) is 0 Å². The van der Waals surface area contributed by atoms with Gasteiger partial charge in [-0.15, -0.1) is 0 Å². The van der Waals surface area contributed by atoms with Crippen LogP contribution in [0.1, 0.15) is 45.4 Å². The molecule has 1 unspecified atom stereocenters. The van der Waals surface area contributed by atoms with E-state index in [1.807, 2.05) is 6.08 Å². The molecule has 0 spiro atoms. The summed E-state index contributed by atoms with van der Waals surface area (Å²) in [6, 6.07) is 0. The van der Waals surface area contributed by atoms with E-state index in [-0.39, 0.29) is 6.10 Å².